The summed E-state index contributed by atoms with van der Waals surface area (Å²) in [5, 5.41) is 10.1. The van der Waals surface area contributed by atoms with Crippen LogP contribution in [0.4, 0.5) is 0 Å². The van der Waals surface area contributed by atoms with Crippen LogP contribution >= 0.6 is 0 Å². The third-order valence-corrected chi connectivity index (χ3v) is 6.38. The van der Waals surface area contributed by atoms with E-state index in [1.165, 1.54) is 0 Å². The molecule has 0 saturated carbocycles. The molecule has 2 aromatic heterocycles. The van der Waals surface area contributed by atoms with E-state index in [2.05, 4.69) is 28.0 Å². The van der Waals surface area contributed by atoms with Gasteiger partial charge in [0.2, 0.25) is 11.8 Å². The highest BCUT2D eigenvalue weighted by molar-refractivity contribution is 5.89. The summed E-state index contributed by atoms with van der Waals surface area (Å²) in [5.41, 5.74) is 4.08. The molecule has 0 bridgehead atoms. The number of allylic oxidation sites excluding steroid dienone is 1. The molecule has 1 fully saturated rings. The molecule has 2 aliphatic heterocycles. The predicted octanol–water partition coefficient (Wildman–Crippen LogP) is 2.91. The number of benzene rings is 1. The first-order chi connectivity index (χ1) is 16.6. The largest absolute Gasteiger partial charge is 0.439 e. The molecule has 1 N–H and O–H groups in total. The summed E-state index contributed by atoms with van der Waals surface area (Å²) in [5.74, 6) is 1.05. The maximum Gasteiger partial charge on any atom is 0.248 e. The van der Waals surface area contributed by atoms with Crippen molar-refractivity contribution in [1.82, 2.24) is 19.8 Å². The fraction of sp³-hybridized carbons (Fsp3) is 0.308. The lowest BCUT2D eigenvalue weighted by Gasteiger charge is -2.24. The normalized spacial score (nSPS) is 17.6. The average Bonchev–Trinajstić information content (AvgIpc) is 3.57. The van der Waals surface area contributed by atoms with E-state index in [1.807, 2.05) is 54.9 Å². The van der Waals surface area contributed by atoms with Gasteiger partial charge in [-0.15, -0.1) is 0 Å². The Morgan fingerprint density at radius 1 is 1.24 bits per heavy atom. The van der Waals surface area contributed by atoms with Gasteiger partial charge < -0.3 is 14.7 Å². The zero-order valence-corrected chi connectivity index (χ0v) is 19.1. The van der Waals surface area contributed by atoms with Crippen LogP contribution in [0, 0.1) is 0 Å². The van der Waals surface area contributed by atoms with Crippen LogP contribution < -0.4 is 4.74 Å². The SMILES string of the molecule is CN(Cc1ccc2cc(Oc3ccc(C4=CC=NC4)cn3)ccc2n1)[C@H]1CCN(C(=O)CO)C1. The van der Waals surface area contributed by atoms with Crippen molar-refractivity contribution >= 4 is 28.6 Å². The number of ether oxygens (including phenoxy) is 1. The number of fused-ring (bicyclic) bond motifs is 1. The summed E-state index contributed by atoms with van der Waals surface area (Å²) in [6, 6.07) is 14.0. The average molecular weight is 458 g/mol. The van der Waals surface area contributed by atoms with Crippen LogP contribution in [-0.4, -0.2) is 76.3 Å². The zero-order valence-electron chi connectivity index (χ0n) is 19.1. The lowest BCUT2D eigenvalue weighted by molar-refractivity contribution is -0.133. The molecular formula is C26H27N5O3. The summed E-state index contributed by atoms with van der Waals surface area (Å²) in [6.45, 7) is 2.29. The molecule has 0 spiro atoms. The molecule has 5 rings (SSSR count). The fourth-order valence-electron chi connectivity index (χ4n) is 4.40. The molecule has 0 unspecified atom stereocenters. The quantitative estimate of drug-likeness (QED) is 0.587. The minimum absolute atomic E-state index is 0.204. The lowest BCUT2D eigenvalue weighted by atomic mass is 10.1. The van der Waals surface area contributed by atoms with E-state index in [9.17, 15) is 4.79 Å². The van der Waals surface area contributed by atoms with Gasteiger partial charge in [0.05, 0.1) is 17.8 Å². The second-order valence-corrected chi connectivity index (χ2v) is 8.68. The number of aliphatic hydroxyl groups is 1. The van der Waals surface area contributed by atoms with E-state index >= 15 is 0 Å². The maximum atomic E-state index is 11.7. The van der Waals surface area contributed by atoms with Crippen molar-refractivity contribution in [3.05, 3.63) is 66.0 Å². The number of aliphatic hydroxyl groups excluding tert-OH is 1. The molecule has 0 aliphatic carbocycles. The summed E-state index contributed by atoms with van der Waals surface area (Å²) in [6.07, 6.45) is 6.53. The van der Waals surface area contributed by atoms with Gasteiger partial charge in [-0.2, -0.15) is 0 Å². The van der Waals surface area contributed by atoms with Crippen LogP contribution in [0.1, 0.15) is 17.7 Å². The van der Waals surface area contributed by atoms with Gasteiger partial charge in [0.15, 0.2) is 0 Å². The Hall–Kier alpha value is -3.62. The highest BCUT2D eigenvalue weighted by atomic mass is 16.5. The van der Waals surface area contributed by atoms with E-state index < -0.39 is 6.61 Å². The van der Waals surface area contributed by atoms with Gasteiger partial charge in [-0.1, -0.05) is 6.07 Å². The highest BCUT2D eigenvalue weighted by Crippen LogP contribution is 2.26. The second kappa shape index (κ2) is 9.70. The molecule has 0 radical (unpaired) electrons. The van der Waals surface area contributed by atoms with Crippen molar-refractivity contribution in [1.29, 1.82) is 0 Å². The second-order valence-electron chi connectivity index (χ2n) is 8.68. The third-order valence-electron chi connectivity index (χ3n) is 6.38. The molecule has 1 aromatic carbocycles. The molecular weight excluding hydrogens is 430 g/mol. The van der Waals surface area contributed by atoms with Gasteiger partial charge in [0.1, 0.15) is 12.4 Å². The van der Waals surface area contributed by atoms with Crippen molar-refractivity contribution < 1.29 is 14.6 Å². The fourth-order valence-corrected chi connectivity index (χ4v) is 4.40. The molecule has 1 amide bonds. The molecule has 1 saturated heterocycles. The number of carbonyl (C=O) groups excluding carboxylic acids is 1. The molecule has 3 aromatic rings. The molecule has 174 valence electrons. The number of rotatable bonds is 7. The van der Waals surface area contributed by atoms with Crippen LogP contribution in [0.15, 0.2) is 59.7 Å². The van der Waals surface area contributed by atoms with Crippen LogP contribution in [0.25, 0.3) is 16.5 Å². The van der Waals surface area contributed by atoms with Gasteiger partial charge >= 0.3 is 0 Å². The summed E-state index contributed by atoms with van der Waals surface area (Å²) in [4.78, 5) is 29.1. The van der Waals surface area contributed by atoms with E-state index in [0.29, 0.717) is 37.8 Å². The molecule has 4 heterocycles. The number of pyridine rings is 2. The number of likely N-dealkylation sites (N-methyl/N-ethyl adjacent to an activating group) is 1. The van der Waals surface area contributed by atoms with Crippen molar-refractivity contribution in [3.8, 4) is 11.6 Å². The maximum absolute atomic E-state index is 11.7. The number of hydrogen-bond donors (Lipinski definition) is 1. The molecule has 8 heteroatoms. The van der Waals surface area contributed by atoms with Crippen LogP contribution in [-0.2, 0) is 11.3 Å². The van der Waals surface area contributed by atoms with Crippen molar-refractivity contribution in [3.63, 3.8) is 0 Å². The minimum Gasteiger partial charge on any atom is -0.439 e. The number of aromatic nitrogens is 2. The van der Waals surface area contributed by atoms with Crippen molar-refractivity contribution in [2.75, 3.05) is 33.3 Å². The molecule has 1 atom stereocenters. The number of aliphatic imine (C=N–C) groups is 1. The van der Waals surface area contributed by atoms with Crippen LogP contribution in [0.3, 0.4) is 0 Å². The number of amides is 1. The van der Waals surface area contributed by atoms with Crippen molar-refractivity contribution in [2.24, 2.45) is 4.99 Å². The van der Waals surface area contributed by atoms with E-state index in [-0.39, 0.29) is 11.9 Å². The summed E-state index contributed by atoms with van der Waals surface area (Å²) in [7, 11) is 2.05. The van der Waals surface area contributed by atoms with E-state index in [4.69, 9.17) is 14.8 Å². The van der Waals surface area contributed by atoms with Gasteiger partial charge in [-0.25, -0.2) is 4.98 Å². The summed E-state index contributed by atoms with van der Waals surface area (Å²) < 4.78 is 5.96. The first kappa shape index (κ1) is 22.2. The molecule has 8 nitrogen and oxygen atoms in total. The van der Waals surface area contributed by atoms with Crippen LogP contribution in [0.2, 0.25) is 0 Å². The smallest absolute Gasteiger partial charge is 0.248 e. The standard InChI is InChI=1S/C26H27N5O3/c1-30(22-9-11-31(16-22)26(33)17-32)15-21-4-2-18-12-23(5-6-24(18)29-21)34-25-7-3-19(14-28-25)20-8-10-27-13-20/h2-8,10,12,14,22,32H,9,11,13,15-17H2,1H3/t22-/m0/s1. The Balaban J connectivity index is 1.22. The third kappa shape index (κ3) is 4.83. The Morgan fingerprint density at radius 2 is 2.15 bits per heavy atom. The zero-order chi connectivity index (χ0) is 23.5. The number of nitrogens with zero attached hydrogens (tertiary/aromatic N) is 5. The van der Waals surface area contributed by atoms with E-state index in [1.54, 1.807) is 4.90 Å². The number of hydrogen-bond acceptors (Lipinski definition) is 7. The van der Waals surface area contributed by atoms with Gasteiger partial charge in [0.25, 0.3) is 0 Å². The first-order valence-corrected chi connectivity index (χ1v) is 11.4. The summed E-state index contributed by atoms with van der Waals surface area (Å²) >= 11 is 0. The molecule has 34 heavy (non-hydrogen) atoms. The Labute approximate surface area is 198 Å². The van der Waals surface area contributed by atoms with Gasteiger partial charge in [-0.05, 0) is 61.0 Å². The Morgan fingerprint density at radius 3 is 2.91 bits per heavy atom. The minimum atomic E-state index is -0.427. The first-order valence-electron chi connectivity index (χ1n) is 11.4. The van der Waals surface area contributed by atoms with E-state index in [0.717, 1.165) is 34.2 Å². The number of likely N-dealkylation sites (tertiary alicyclic amines) is 1. The molecule has 2 aliphatic rings. The Kier molecular flexibility index (Phi) is 6.33. The highest BCUT2D eigenvalue weighted by Gasteiger charge is 2.28. The topological polar surface area (TPSA) is 91.2 Å². The van der Waals surface area contributed by atoms with Gasteiger partial charge in [-0.3, -0.25) is 19.7 Å². The lowest BCUT2D eigenvalue weighted by Crippen LogP contribution is -2.37. The predicted molar refractivity (Wildman–Crippen MR) is 131 cm³/mol. The Bertz CT molecular complexity index is 1260. The monoisotopic (exact) mass is 457 g/mol. The van der Waals surface area contributed by atoms with Gasteiger partial charge in [0, 0.05) is 49.5 Å². The van der Waals surface area contributed by atoms with Crippen molar-refractivity contribution in [2.45, 2.75) is 19.0 Å². The number of carbonyl (C=O) groups is 1. The van der Waals surface area contributed by atoms with Crippen LogP contribution in [0.5, 0.6) is 11.6 Å².